The fraction of sp³-hybridized carbons (Fsp3) is 0.812. The summed E-state index contributed by atoms with van der Waals surface area (Å²) in [6.45, 7) is 6.13. The zero-order chi connectivity index (χ0) is 11.9. The van der Waals surface area contributed by atoms with Crippen molar-refractivity contribution in [1.29, 1.82) is 0 Å². The molecule has 0 saturated carbocycles. The number of hydrogen-bond acceptors (Lipinski definition) is 0. The highest BCUT2D eigenvalue weighted by molar-refractivity contribution is 4.81. The molecule has 16 heavy (non-hydrogen) atoms. The summed E-state index contributed by atoms with van der Waals surface area (Å²) in [4.78, 5) is 0. The summed E-state index contributed by atoms with van der Waals surface area (Å²) in [6.07, 6.45) is 20.9. The van der Waals surface area contributed by atoms with Crippen LogP contribution < -0.4 is 0 Å². The molecule has 0 atom stereocenters. The van der Waals surface area contributed by atoms with Gasteiger partial charge in [-0.05, 0) is 25.7 Å². The SMILES string of the molecule is [CH2]CCCCCCC/C=C/CCCCCC. The maximum Gasteiger partial charge on any atom is -0.0351 e. The summed E-state index contributed by atoms with van der Waals surface area (Å²) in [5, 5.41) is 0. The molecule has 0 saturated heterocycles. The second-order valence-corrected chi connectivity index (χ2v) is 4.73. The third-order valence-corrected chi connectivity index (χ3v) is 3.01. The highest BCUT2D eigenvalue weighted by atomic mass is 13.9. The van der Waals surface area contributed by atoms with E-state index in [0.29, 0.717) is 0 Å². The number of rotatable bonds is 12. The van der Waals surface area contributed by atoms with Gasteiger partial charge in [0.1, 0.15) is 0 Å². The number of unbranched alkanes of at least 4 members (excludes halogenated alkanes) is 10. The predicted octanol–water partition coefficient (Wildman–Crippen LogP) is 6.08. The van der Waals surface area contributed by atoms with E-state index in [4.69, 9.17) is 0 Å². The van der Waals surface area contributed by atoms with Gasteiger partial charge in [-0.25, -0.2) is 0 Å². The normalized spacial score (nSPS) is 11.4. The first-order valence-electron chi connectivity index (χ1n) is 7.36. The highest BCUT2D eigenvalue weighted by Crippen LogP contribution is 2.08. The van der Waals surface area contributed by atoms with E-state index in [-0.39, 0.29) is 0 Å². The monoisotopic (exact) mass is 223 g/mol. The topological polar surface area (TPSA) is 0 Å². The van der Waals surface area contributed by atoms with Gasteiger partial charge in [0.25, 0.3) is 0 Å². The Morgan fingerprint density at radius 2 is 1.19 bits per heavy atom. The van der Waals surface area contributed by atoms with Crippen molar-refractivity contribution >= 4 is 0 Å². The first-order chi connectivity index (χ1) is 7.91. The van der Waals surface area contributed by atoms with Crippen molar-refractivity contribution < 1.29 is 0 Å². The van der Waals surface area contributed by atoms with Crippen molar-refractivity contribution in [2.24, 2.45) is 0 Å². The molecule has 0 N–H and O–H groups in total. The Labute approximate surface area is 104 Å². The van der Waals surface area contributed by atoms with Gasteiger partial charge in [0.15, 0.2) is 0 Å². The van der Waals surface area contributed by atoms with E-state index in [1.165, 1.54) is 70.6 Å². The molecule has 0 aromatic heterocycles. The van der Waals surface area contributed by atoms with Crippen LogP contribution in [0.2, 0.25) is 0 Å². The molecule has 0 bridgehead atoms. The van der Waals surface area contributed by atoms with Gasteiger partial charge in [-0.1, -0.05) is 77.4 Å². The van der Waals surface area contributed by atoms with E-state index in [1.54, 1.807) is 0 Å². The Kier molecular flexibility index (Phi) is 14.5. The van der Waals surface area contributed by atoms with Gasteiger partial charge in [-0.2, -0.15) is 0 Å². The van der Waals surface area contributed by atoms with Crippen LogP contribution in [0.15, 0.2) is 12.2 Å². The van der Waals surface area contributed by atoms with Gasteiger partial charge in [0, 0.05) is 0 Å². The fourth-order valence-corrected chi connectivity index (χ4v) is 1.89. The lowest BCUT2D eigenvalue weighted by atomic mass is 10.1. The molecule has 0 rings (SSSR count). The molecule has 95 valence electrons. The van der Waals surface area contributed by atoms with Gasteiger partial charge >= 0.3 is 0 Å². The lowest BCUT2D eigenvalue weighted by Gasteiger charge is -1.98. The Morgan fingerprint density at radius 3 is 1.75 bits per heavy atom. The van der Waals surface area contributed by atoms with Crippen LogP contribution in [0, 0.1) is 6.92 Å². The minimum atomic E-state index is 1.11. The second-order valence-electron chi connectivity index (χ2n) is 4.73. The third-order valence-electron chi connectivity index (χ3n) is 3.01. The molecule has 0 aliphatic carbocycles. The third kappa shape index (κ3) is 13.7. The molecule has 0 aliphatic heterocycles. The molecule has 0 aliphatic rings. The molecule has 0 aromatic rings. The van der Waals surface area contributed by atoms with Crippen LogP contribution in [0.1, 0.15) is 84.0 Å². The van der Waals surface area contributed by atoms with E-state index in [1.807, 2.05) is 0 Å². The molecular formula is C16H31. The second kappa shape index (κ2) is 14.7. The Hall–Kier alpha value is -0.260. The lowest BCUT2D eigenvalue weighted by Crippen LogP contribution is -1.78. The van der Waals surface area contributed by atoms with E-state index < -0.39 is 0 Å². The van der Waals surface area contributed by atoms with Crippen LogP contribution in [0.5, 0.6) is 0 Å². The van der Waals surface area contributed by atoms with E-state index in [9.17, 15) is 0 Å². The minimum Gasteiger partial charge on any atom is -0.0885 e. The maximum absolute atomic E-state index is 3.86. The van der Waals surface area contributed by atoms with Crippen LogP contribution in [0.3, 0.4) is 0 Å². The fourth-order valence-electron chi connectivity index (χ4n) is 1.89. The molecule has 0 fully saturated rings. The average molecular weight is 223 g/mol. The zero-order valence-corrected chi connectivity index (χ0v) is 11.3. The molecule has 0 aromatic carbocycles. The Morgan fingerprint density at radius 1 is 0.688 bits per heavy atom. The van der Waals surface area contributed by atoms with Crippen molar-refractivity contribution in [3.8, 4) is 0 Å². The van der Waals surface area contributed by atoms with E-state index in [2.05, 4.69) is 26.0 Å². The number of hydrogen-bond donors (Lipinski definition) is 0. The van der Waals surface area contributed by atoms with Gasteiger partial charge < -0.3 is 0 Å². The van der Waals surface area contributed by atoms with Crippen molar-refractivity contribution in [1.82, 2.24) is 0 Å². The quantitative estimate of drug-likeness (QED) is 0.278. The molecule has 0 heterocycles. The first-order valence-corrected chi connectivity index (χ1v) is 7.36. The minimum absolute atomic E-state index is 1.11. The molecule has 0 nitrogen and oxygen atoms in total. The maximum atomic E-state index is 3.86. The molecule has 0 amide bonds. The summed E-state index contributed by atoms with van der Waals surface area (Å²) in [5.74, 6) is 0. The largest absolute Gasteiger partial charge is 0.0885 e. The Bertz CT molecular complexity index is 135. The van der Waals surface area contributed by atoms with Crippen molar-refractivity contribution in [3.05, 3.63) is 19.1 Å². The molecule has 0 unspecified atom stereocenters. The van der Waals surface area contributed by atoms with Crippen molar-refractivity contribution in [2.75, 3.05) is 0 Å². The van der Waals surface area contributed by atoms with Crippen LogP contribution in [0.4, 0.5) is 0 Å². The van der Waals surface area contributed by atoms with Gasteiger partial charge in [-0.3, -0.25) is 0 Å². The summed E-state index contributed by atoms with van der Waals surface area (Å²) in [6, 6.07) is 0. The van der Waals surface area contributed by atoms with Crippen LogP contribution in [-0.4, -0.2) is 0 Å². The smallest absolute Gasteiger partial charge is 0.0351 e. The van der Waals surface area contributed by atoms with Gasteiger partial charge in [0.2, 0.25) is 0 Å². The molecule has 1 radical (unpaired) electrons. The van der Waals surface area contributed by atoms with E-state index >= 15 is 0 Å². The van der Waals surface area contributed by atoms with Crippen molar-refractivity contribution in [2.45, 2.75) is 84.0 Å². The van der Waals surface area contributed by atoms with Crippen LogP contribution in [-0.2, 0) is 0 Å². The van der Waals surface area contributed by atoms with E-state index in [0.717, 1.165) is 6.42 Å². The standard InChI is InChI=1S/C16H31/c1-3-5-7-9-11-13-15-16-14-12-10-8-6-4-2/h14,16H,1,3-13,15H2,2H3/b16-14+. The van der Waals surface area contributed by atoms with Crippen LogP contribution >= 0.6 is 0 Å². The highest BCUT2D eigenvalue weighted by Gasteiger charge is 1.88. The lowest BCUT2D eigenvalue weighted by molar-refractivity contribution is 0.620. The molecule has 0 heteroatoms. The zero-order valence-electron chi connectivity index (χ0n) is 11.3. The summed E-state index contributed by atoms with van der Waals surface area (Å²) >= 11 is 0. The summed E-state index contributed by atoms with van der Waals surface area (Å²) in [5.41, 5.74) is 0. The van der Waals surface area contributed by atoms with Crippen molar-refractivity contribution in [3.63, 3.8) is 0 Å². The number of allylic oxidation sites excluding steroid dienone is 2. The summed E-state index contributed by atoms with van der Waals surface area (Å²) in [7, 11) is 0. The molecule has 0 spiro atoms. The average Bonchev–Trinajstić information content (AvgIpc) is 2.31. The van der Waals surface area contributed by atoms with Crippen LogP contribution in [0.25, 0.3) is 0 Å². The van der Waals surface area contributed by atoms with Gasteiger partial charge in [-0.15, -0.1) is 0 Å². The van der Waals surface area contributed by atoms with Gasteiger partial charge in [0.05, 0.1) is 0 Å². The predicted molar refractivity (Wildman–Crippen MR) is 75.6 cm³/mol. The first kappa shape index (κ1) is 15.7. The Balaban J connectivity index is 2.98. The molecular weight excluding hydrogens is 192 g/mol. The summed E-state index contributed by atoms with van der Waals surface area (Å²) < 4.78 is 0.